The number of halogens is 2. The number of para-hydroxylation sites is 1. The molecule has 0 saturated heterocycles. The number of carbonyl (C=O) groups excluding carboxylic acids is 1. The maximum Gasteiger partial charge on any atom is 0.260 e. The molecular formula is C26H28Cl2N4O3S2. The van der Waals surface area contributed by atoms with Crippen molar-refractivity contribution in [3.8, 4) is 0 Å². The summed E-state index contributed by atoms with van der Waals surface area (Å²) in [6.07, 6.45) is 0. The number of sulfonamides is 1. The van der Waals surface area contributed by atoms with Gasteiger partial charge in [-0.15, -0.1) is 12.4 Å². The number of benzene rings is 3. The fraction of sp³-hybridized carbons (Fsp3) is 0.231. The van der Waals surface area contributed by atoms with E-state index in [4.69, 9.17) is 11.6 Å². The van der Waals surface area contributed by atoms with Crippen molar-refractivity contribution in [3.05, 3.63) is 88.9 Å². The lowest BCUT2D eigenvalue weighted by Gasteiger charge is -2.22. The van der Waals surface area contributed by atoms with Gasteiger partial charge in [0.1, 0.15) is 5.52 Å². The van der Waals surface area contributed by atoms with E-state index in [2.05, 4.69) is 4.98 Å². The van der Waals surface area contributed by atoms with Gasteiger partial charge in [0, 0.05) is 32.2 Å². The van der Waals surface area contributed by atoms with Crippen LogP contribution < -0.4 is 4.90 Å². The highest BCUT2D eigenvalue weighted by Crippen LogP contribution is 2.33. The van der Waals surface area contributed by atoms with Crippen LogP contribution in [0, 0.1) is 0 Å². The van der Waals surface area contributed by atoms with Gasteiger partial charge < -0.3 is 4.90 Å². The standard InChI is InChI=1S/C26H27ClN4O3S2.ClH/c1-29(2)16-17-31(26-28-24-22(27)10-7-11-23(24)35-26)25(32)20-12-14-21(15-13-20)36(33,34)30(3)18-19-8-5-4-6-9-19;/h4-15H,16-18H2,1-3H3;1H. The second kappa shape index (κ2) is 12.3. The molecule has 37 heavy (non-hydrogen) atoms. The highest BCUT2D eigenvalue weighted by Gasteiger charge is 2.24. The second-order valence-electron chi connectivity index (χ2n) is 8.61. The molecule has 0 aliphatic carbocycles. The first-order chi connectivity index (χ1) is 17.2. The van der Waals surface area contributed by atoms with Crippen LogP contribution in [0.3, 0.4) is 0 Å². The number of amides is 1. The Hall–Kier alpha value is -2.53. The summed E-state index contributed by atoms with van der Waals surface area (Å²) in [5.41, 5.74) is 1.93. The smallest absolute Gasteiger partial charge is 0.260 e. The third kappa shape index (κ3) is 6.67. The molecule has 1 amide bonds. The molecule has 0 aliphatic rings. The van der Waals surface area contributed by atoms with Crippen molar-refractivity contribution in [2.24, 2.45) is 0 Å². The Morgan fingerprint density at radius 2 is 1.59 bits per heavy atom. The fourth-order valence-corrected chi connectivity index (χ4v) is 6.08. The predicted octanol–water partition coefficient (Wildman–Crippen LogP) is 5.40. The Morgan fingerprint density at radius 3 is 2.22 bits per heavy atom. The van der Waals surface area contributed by atoms with Gasteiger partial charge >= 0.3 is 0 Å². The molecule has 0 aliphatic heterocycles. The van der Waals surface area contributed by atoms with E-state index in [0.29, 0.717) is 34.3 Å². The van der Waals surface area contributed by atoms with Crippen molar-refractivity contribution < 1.29 is 13.2 Å². The highest BCUT2D eigenvalue weighted by molar-refractivity contribution is 7.89. The van der Waals surface area contributed by atoms with E-state index < -0.39 is 10.0 Å². The number of carbonyl (C=O) groups is 1. The zero-order valence-electron chi connectivity index (χ0n) is 20.7. The summed E-state index contributed by atoms with van der Waals surface area (Å²) < 4.78 is 28.4. The molecule has 4 rings (SSSR count). The number of fused-ring (bicyclic) bond motifs is 1. The lowest BCUT2D eigenvalue weighted by atomic mass is 10.2. The van der Waals surface area contributed by atoms with Gasteiger partial charge in [0.05, 0.1) is 14.6 Å². The number of aromatic nitrogens is 1. The normalized spacial score (nSPS) is 11.6. The first-order valence-corrected chi connectivity index (χ1v) is 13.9. The number of nitrogens with zero attached hydrogens (tertiary/aromatic N) is 4. The number of anilines is 1. The maximum atomic E-state index is 13.5. The summed E-state index contributed by atoms with van der Waals surface area (Å²) in [4.78, 5) is 21.9. The SMILES string of the molecule is CN(C)CCN(C(=O)c1ccc(S(=O)(=O)N(C)Cc2ccccc2)cc1)c1nc2c(Cl)cccc2s1.Cl. The van der Waals surface area contributed by atoms with Crippen LogP contribution in [0.5, 0.6) is 0 Å². The molecule has 0 bridgehead atoms. The Morgan fingerprint density at radius 1 is 0.919 bits per heavy atom. The summed E-state index contributed by atoms with van der Waals surface area (Å²) in [5.74, 6) is -0.256. The third-order valence-corrected chi connectivity index (χ3v) is 8.83. The Kier molecular flexibility index (Phi) is 9.68. The molecule has 0 saturated carbocycles. The molecule has 7 nitrogen and oxygen atoms in total. The third-order valence-electron chi connectivity index (χ3n) is 5.66. The van der Waals surface area contributed by atoms with Crippen molar-refractivity contribution >= 4 is 66.6 Å². The van der Waals surface area contributed by atoms with E-state index in [-0.39, 0.29) is 29.8 Å². The van der Waals surface area contributed by atoms with E-state index in [9.17, 15) is 13.2 Å². The van der Waals surface area contributed by atoms with E-state index in [1.807, 2.05) is 61.5 Å². The van der Waals surface area contributed by atoms with Crippen LogP contribution in [-0.2, 0) is 16.6 Å². The van der Waals surface area contributed by atoms with Crippen molar-refractivity contribution in [1.82, 2.24) is 14.2 Å². The van der Waals surface area contributed by atoms with Gasteiger partial charge in [0.2, 0.25) is 10.0 Å². The molecule has 196 valence electrons. The lowest BCUT2D eigenvalue weighted by Crippen LogP contribution is -2.36. The minimum Gasteiger partial charge on any atom is -0.308 e. The fourth-order valence-electron chi connectivity index (χ4n) is 3.63. The van der Waals surface area contributed by atoms with Crippen LogP contribution in [0.4, 0.5) is 5.13 Å². The lowest BCUT2D eigenvalue weighted by molar-refractivity contribution is 0.0985. The zero-order chi connectivity index (χ0) is 25.9. The van der Waals surface area contributed by atoms with Gasteiger partial charge in [0.25, 0.3) is 5.91 Å². The van der Waals surface area contributed by atoms with E-state index in [0.717, 1.165) is 10.3 Å². The van der Waals surface area contributed by atoms with Crippen LogP contribution in [0.2, 0.25) is 5.02 Å². The van der Waals surface area contributed by atoms with Gasteiger partial charge in [-0.3, -0.25) is 9.69 Å². The second-order valence-corrected chi connectivity index (χ2v) is 12.1. The Bertz CT molecular complexity index is 1460. The predicted molar refractivity (Wildman–Crippen MR) is 154 cm³/mol. The van der Waals surface area contributed by atoms with Crippen molar-refractivity contribution in [2.75, 3.05) is 39.1 Å². The monoisotopic (exact) mass is 578 g/mol. The summed E-state index contributed by atoms with van der Waals surface area (Å²) in [6, 6.07) is 21.0. The van der Waals surface area contributed by atoms with Crippen molar-refractivity contribution in [3.63, 3.8) is 0 Å². The van der Waals surface area contributed by atoms with Gasteiger partial charge in [-0.25, -0.2) is 13.4 Å². The number of hydrogen-bond acceptors (Lipinski definition) is 6. The van der Waals surface area contributed by atoms with Crippen molar-refractivity contribution in [1.29, 1.82) is 0 Å². The molecule has 3 aromatic carbocycles. The molecule has 1 heterocycles. The number of thiazole rings is 1. The molecule has 4 aromatic rings. The minimum atomic E-state index is -3.72. The average molecular weight is 580 g/mol. The molecule has 1 aromatic heterocycles. The molecule has 0 unspecified atom stereocenters. The van der Waals surface area contributed by atoms with Crippen LogP contribution in [-0.4, -0.2) is 62.7 Å². The van der Waals surface area contributed by atoms with Crippen LogP contribution in [0.1, 0.15) is 15.9 Å². The molecule has 11 heteroatoms. The number of hydrogen-bond donors (Lipinski definition) is 0. The molecule has 0 fully saturated rings. The quantitative estimate of drug-likeness (QED) is 0.266. The van der Waals surface area contributed by atoms with Crippen LogP contribution >= 0.6 is 35.3 Å². The first-order valence-electron chi connectivity index (χ1n) is 11.3. The van der Waals surface area contributed by atoms with E-state index in [1.54, 1.807) is 30.1 Å². The molecule has 0 radical (unpaired) electrons. The molecule has 0 spiro atoms. The molecule has 0 N–H and O–H groups in total. The van der Waals surface area contributed by atoms with Gasteiger partial charge in [-0.1, -0.05) is 59.3 Å². The maximum absolute atomic E-state index is 13.5. The van der Waals surface area contributed by atoms with Crippen molar-refractivity contribution in [2.45, 2.75) is 11.4 Å². The number of likely N-dealkylation sites (N-methyl/N-ethyl adjacent to an activating group) is 1. The average Bonchev–Trinajstić information content (AvgIpc) is 3.30. The van der Waals surface area contributed by atoms with E-state index in [1.165, 1.54) is 27.8 Å². The minimum absolute atomic E-state index is 0. The van der Waals surface area contributed by atoms with Gasteiger partial charge in [-0.05, 0) is 56.1 Å². The Balaban J connectivity index is 0.00000380. The van der Waals surface area contributed by atoms with Crippen LogP contribution in [0.15, 0.2) is 77.7 Å². The molecule has 0 atom stereocenters. The molecular weight excluding hydrogens is 551 g/mol. The zero-order valence-corrected chi connectivity index (χ0v) is 23.9. The van der Waals surface area contributed by atoms with Crippen LogP contribution in [0.25, 0.3) is 10.2 Å². The number of rotatable bonds is 9. The largest absolute Gasteiger partial charge is 0.308 e. The topological polar surface area (TPSA) is 73.8 Å². The first kappa shape index (κ1) is 29.0. The highest BCUT2D eigenvalue weighted by atomic mass is 35.5. The van der Waals surface area contributed by atoms with E-state index >= 15 is 0 Å². The summed E-state index contributed by atoms with van der Waals surface area (Å²) in [5, 5.41) is 1.08. The van der Waals surface area contributed by atoms with Gasteiger partial charge in [0.15, 0.2) is 5.13 Å². The summed E-state index contributed by atoms with van der Waals surface area (Å²) in [6.45, 7) is 1.30. The summed E-state index contributed by atoms with van der Waals surface area (Å²) in [7, 11) is 1.69. The Labute approximate surface area is 232 Å². The van der Waals surface area contributed by atoms with Gasteiger partial charge in [-0.2, -0.15) is 4.31 Å². The summed E-state index contributed by atoms with van der Waals surface area (Å²) >= 11 is 7.70.